The van der Waals surface area contributed by atoms with Crippen LogP contribution in [0.15, 0.2) is 48.5 Å². The molecule has 0 saturated heterocycles. The van der Waals surface area contributed by atoms with E-state index in [2.05, 4.69) is 16.0 Å². The normalized spacial score (nSPS) is 15.9. The molecule has 2 aromatic carbocycles. The molecule has 2 aromatic rings. The summed E-state index contributed by atoms with van der Waals surface area (Å²) in [5, 5.41) is 8.65. The lowest BCUT2D eigenvalue weighted by atomic mass is 10.1. The van der Waals surface area contributed by atoms with Crippen LogP contribution in [-0.2, 0) is 9.59 Å². The van der Waals surface area contributed by atoms with E-state index in [1.165, 1.54) is 0 Å². The van der Waals surface area contributed by atoms with Crippen LogP contribution in [0, 0.1) is 0 Å². The van der Waals surface area contributed by atoms with E-state index in [1.54, 1.807) is 31.4 Å². The topological polar surface area (TPSA) is 79.5 Å². The molecule has 1 aliphatic heterocycles. The molecule has 0 radical (unpaired) electrons. The molecule has 3 rings (SSSR count). The number of hydrogen-bond donors (Lipinski definition) is 3. The third kappa shape index (κ3) is 3.42. The second-order valence-corrected chi connectivity index (χ2v) is 5.22. The number of carbonyl (C=O) groups excluding carboxylic acids is 2. The zero-order valence-corrected chi connectivity index (χ0v) is 12.6. The number of fused-ring (bicyclic) bond motifs is 1. The summed E-state index contributed by atoms with van der Waals surface area (Å²) in [6.45, 7) is 0. The van der Waals surface area contributed by atoms with E-state index in [4.69, 9.17) is 4.74 Å². The van der Waals surface area contributed by atoms with E-state index >= 15 is 0 Å². The Hall–Kier alpha value is -3.02. The highest BCUT2D eigenvalue weighted by Gasteiger charge is 2.27. The van der Waals surface area contributed by atoms with Gasteiger partial charge in [-0.05, 0) is 24.3 Å². The molecule has 6 heteroatoms. The van der Waals surface area contributed by atoms with Crippen LogP contribution < -0.4 is 20.7 Å². The fourth-order valence-corrected chi connectivity index (χ4v) is 2.43. The summed E-state index contributed by atoms with van der Waals surface area (Å²) in [4.78, 5) is 24.2. The molecular weight excluding hydrogens is 294 g/mol. The van der Waals surface area contributed by atoms with Crippen molar-refractivity contribution in [3.63, 3.8) is 0 Å². The third-order valence-corrected chi connectivity index (χ3v) is 3.57. The van der Waals surface area contributed by atoms with Crippen LogP contribution in [-0.4, -0.2) is 25.0 Å². The van der Waals surface area contributed by atoms with Gasteiger partial charge in [-0.2, -0.15) is 0 Å². The molecule has 0 aliphatic carbocycles. The van der Waals surface area contributed by atoms with Gasteiger partial charge in [-0.3, -0.25) is 9.59 Å². The SMILES string of the molecule is COc1cccc(NC(=O)C[C@@H]2Nc3ccccc3NC2=O)c1. The quantitative estimate of drug-likeness (QED) is 0.810. The van der Waals surface area contributed by atoms with Crippen LogP contribution in [0.4, 0.5) is 17.1 Å². The number of anilines is 3. The van der Waals surface area contributed by atoms with Crippen LogP contribution in [0.3, 0.4) is 0 Å². The molecule has 2 amide bonds. The van der Waals surface area contributed by atoms with Gasteiger partial charge < -0.3 is 20.7 Å². The number of benzene rings is 2. The molecule has 1 atom stereocenters. The summed E-state index contributed by atoms with van der Waals surface area (Å²) >= 11 is 0. The van der Waals surface area contributed by atoms with Crippen molar-refractivity contribution < 1.29 is 14.3 Å². The highest BCUT2D eigenvalue weighted by Crippen LogP contribution is 2.27. The van der Waals surface area contributed by atoms with Gasteiger partial charge in [-0.1, -0.05) is 18.2 Å². The average Bonchev–Trinajstić information content (AvgIpc) is 2.55. The van der Waals surface area contributed by atoms with E-state index in [0.717, 1.165) is 11.4 Å². The van der Waals surface area contributed by atoms with E-state index in [9.17, 15) is 9.59 Å². The number of methoxy groups -OCH3 is 1. The standard InChI is InChI=1S/C17H17N3O3/c1-23-12-6-4-5-11(9-12)18-16(21)10-15-17(22)20-14-8-3-2-7-13(14)19-15/h2-9,15,19H,10H2,1H3,(H,18,21)(H,20,22)/t15-/m0/s1. The van der Waals surface area contributed by atoms with Gasteiger partial charge in [0.25, 0.3) is 0 Å². The van der Waals surface area contributed by atoms with Crippen LogP contribution in [0.1, 0.15) is 6.42 Å². The summed E-state index contributed by atoms with van der Waals surface area (Å²) in [6, 6.07) is 13.9. The van der Waals surface area contributed by atoms with Crippen molar-refractivity contribution in [1.82, 2.24) is 0 Å². The molecule has 3 N–H and O–H groups in total. The fraction of sp³-hybridized carbons (Fsp3) is 0.176. The van der Waals surface area contributed by atoms with E-state index in [1.807, 2.05) is 24.3 Å². The Morgan fingerprint density at radius 2 is 1.96 bits per heavy atom. The molecule has 0 spiro atoms. The maximum atomic E-state index is 12.2. The minimum absolute atomic E-state index is 0.0391. The summed E-state index contributed by atoms with van der Waals surface area (Å²) < 4.78 is 5.11. The molecule has 118 valence electrons. The van der Waals surface area contributed by atoms with Gasteiger partial charge in [0.15, 0.2) is 0 Å². The highest BCUT2D eigenvalue weighted by molar-refractivity contribution is 6.06. The Labute approximate surface area is 133 Å². The summed E-state index contributed by atoms with van der Waals surface area (Å²) in [6.07, 6.45) is 0.0391. The Morgan fingerprint density at radius 1 is 1.17 bits per heavy atom. The van der Waals surface area contributed by atoms with Crippen molar-refractivity contribution in [2.75, 3.05) is 23.1 Å². The lowest BCUT2D eigenvalue weighted by molar-refractivity contribution is -0.122. The molecular formula is C17H17N3O3. The van der Waals surface area contributed by atoms with E-state index < -0.39 is 6.04 Å². The maximum Gasteiger partial charge on any atom is 0.247 e. The number of nitrogens with one attached hydrogen (secondary N) is 3. The lowest BCUT2D eigenvalue weighted by Crippen LogP contribution is -2.41. The molecule has 6 nitrogen and oxygen atoms in total. The van der Waals surface area contributed by atoms with Gasteiger partial charge in [0.05, 0.1) is 24.9 Å². The Morgan fingerprint density at radius 3 is 2.74 bits per heavy atom. The van der Waals surface area contributed by atoms with Crippen LogP contribution in [0.25, 0.3) is 0 Å². The highest BCUT2D eigenvalue weighted by atomic mass is 16.5. The van der Waals surface area contributed by atoms with Gasteiger partial charge in [-0.15, -0.1) is 0 Å². The Balaban J connectivity index is 1.65. The number of amides is 2. The lowest BCUT2D eigenvalue weighted by Gasteiger charge is -2.26. The number of carbonyl (C=O) groups is 2. The molecule has 0 aromatic heterocycles. The van der Waals surface area contributed by atoms with Crippen LogP contribution in [0.2, 0.25) is 0 Å². The number of ether oxygens (including phenoxy) is 1. The van der Waals surface area contributed by atoms with Gasteiger partial charge in [0, 0.05) is 11.8 Å². The second kappa shape index (κ2) is 6.39. The summed E-state index contributed by atoms with van der Waals surface area (Å²) in [5.41, 5.74) is 2.17. The molecule has 23 heavy (non-hydrogen) atoms. The first kappa shape index (κ1) is 14.9. The van der Waals surface area contributed by atoms with Gasteiger partial charge >= 0.3 is 0 Å². The largest absolute Gasteiger partial charge is 0.497 e. The minimum atomic E-state index is -0.601. The zero-order valence-electron chi connectivity index (χ0n) is 12.6. The molecule has 0 fully saturated rings. The Kier molecular flexibility index (Phi) is 4.14. The molecule has 0 saturated carbocycles. The number of hydrogen-bond acceptors (Lipinski definition) is 4. The van der Waals surface area contributed by atoms with Crippen LogP contribution in [0.5, 0.6) is 5.75 Å². The maximum absolute atomic E-state index is 12.2. The van der Waals surface area contributed by atoms with Crippen molar-refractivity contribution in [3.8, 4) is 5.75 Å². The first-order chi connectivity index (χ1) is 11.2. The van der Waals surface area contributed by atoms with Crippen molar-refractivity contribution in [1.29, 1.82) is 0 Å². The minimum Gasteiger partial charge on any atom is -0.497 e. The molecule has 0 bridgehead atoms. The van der Waals surface area contributed by atoms with Crippen molar-refractivity contribution in [2.45, 2.75) is 12.5 Å². The second-order valence-electron chi connectivity index (χ2n) is 5.22. The smallest absolute Gasteiger partial charge is 0.247 e. The third-order valence-electron chi connectivity index (χ3n) is 3.57. The van der Waals surface area contributed by atoms with E-state index in [0.29, 0.717) is 11.4 Å². The predicted octanol–water partition coefficient (Wildman–Crippen LogP) is 2.46. The summed E-state index contributed by atoms with van der Waals surface area (Å²) in [7, 11) is 1.56. The van der Waals surface area contributed by atoms with Crippen molar-refractivity contribution >= 4 is 28.9 Å². The summed E-state index contributed by atoms with van der Waals surface area (Å²) in [5.74, 6) is 0.194. The van der Waals surface area contributed by atoms with Crippen molar-refractivity contribution in [3.05, 3.63) is 48.5 Å². The monoisotopic (exact) mass is 311 g/mol. The van der Waals surface area contributed by atoms with Crippen molar-refractivity contribution in [2.24, 2.45) is 0 Å². The molecule has 1 heterocycles. The first-order valence-corrected chi connectivity index (χ1v) is 7.26. The van der Waals surface area contributed by atoms with Gasteiger partial charge in [-0.25, -0.2) is 0 Å². The zero-order chi connectivity index (χ0) is 16.2. The molecule has 0 unspecified atom stereocenters. The number of rotatable bonds is 4. The van der Waals surface area contributed by atoms with Gasteiger partial charge in [0.2, 0.25) is 11.8 Å². The van der Waals surface area contributed by atoms with E-state index in [-0.39, 0.29) is 18.2 Å². The van der Waals surface area contributed by atoms with Gasteiger partial charge in [0.1, 0.15) is 11.8 Å². The predicted molar refractivity (Wildman–Crippen MR) is 88.7 cm³/mol. The average molecular weight is 311 g/mol. The molecule has 1 aliphatic rings. The van der Waals surface area contributed by atoms with Crippen LogP contribution >= 0.6 is 0 Å². The fourth-order valence-electron chi connectivity index (χ4n) is 2.43. The Bertz CT molecular complexity index is 745. The number of para-hydroxylation sites is 2. The first-order valence-electron chi connectivity index (χ1n) is 7.26.